The molecule has 0 unspecified atom stereocenters. The number of rotatable bonds is 2. The maximum atomic E-state index is 14.1. The van der Waals surface area contributed by atoms with Gasteiger partial charge in [0.25, 0.3) is 5.56 Å². The molecule has 0 spiro atoms. The summed E-state index contributed by atoms with van der Waals surface area (Å²) in [6.07, 6.45) is 0. The van der Waals surface area contributed by atoms with E-state index < -0.39 is 5.82 Å². The molecule has 0 aliphatic rings. The number of nitrogens with zero attached hydrogens (tertiary/aromatic N) is 1. The molecule has 0 radical (unpaired) electrons. The molecule has 0 aliphatic heterocycles. The van der Waals surface area contributed by atoms with Crippen molar-refractivity contribution in [1.29, 1.82) is 0 Å². The molecule has 2 N–H and O–H groups in total. The molecule has 3 aromatic rings. The van der Waals surface area contributed by atoms with Crippen molar-refractivity contribution >= 4 is 38.8 Å². The van der Waals surface area contributed by atoms with E-state index in [0.29, 0.717) is 10.9 Å². The molecule has 6 heteroatoms. The third-order valence-electron chi connectivity index (χ3n) is 2.94. The predicted octanol–water partition coefficient (Wildman–Crippen LogP) is 2.83. The molecular formula is C14H9FN2OS2. The Balaban J connectivity index is 2.23. The lowest BCUT2D eigenvalue weighted by atomic mass is 10.2. The van der Waals surface area contributed by atoms with Gasteiger partial charge in [0.15, 0.2) is 0 Å². The van der Waals surface area contributed by atoms with Crippen molar-refractivity contribution in [3.63, 3.8) is 0 Å². The van der Waals surface area contributed by atoms with Crippen LogP contribution in [0.3, 0.4) is 0 Å². The SMILES string of the molecule is NC(=S)c1ccc(-n2sc3ccccc3c2=O)c(F)c1. The van der Waals surface area contributed by atoms with Crippen molar-refractivity contribution in [2.45, 2.75) is 0 Å². The van der Waals surface area contributed by atoms with Crippen LogP contribution in [0, 0.1) is 5.82 Å². The van der Waals surface area contributed by atoms with E-state index >= 15 is 0 Å². The maximum absolute atomic E-state index is 14.1. The number of hydrogen-bond donors (Lipinski definition) is 1. The average molecular weight is 304 g/mol. The summed E-state index contributed by atoms with van der Waals surface area (Å²) < 4.78 is 16.3. The molecule has 3 nitrogen and oxygen atoms in total. The highest BCUT2D eigenvalue weighted by Gasteiger charge is 2.13. The second-order valence-electron chi connectivity index (χ2n) is 4.22. The molecule has 0 bridgehead atoms. The van der Waals surface area contributed by atoms with Crippen molar-refractivity contribution in [3.05, 3.63) is 64.2 Å². The molecule has 100 valence electrons. The van der Waals surface area contributed by atoms with Crippen LogP contribution in [0.5, 0.6) is 0 Å². The lowest BCUT2D eigenvalue weighted by Gasteiger charge is -2.04. The molecule has 1 heterocycles. The number of thiocarbonyl (C=S) groups is 1. The van der Waals surface area contributed by atoms with Gasteiger partial charge in [0.2, 0.25) is 0 Å². The van der Waals surface area contributed by atoms with Gasteiger partial charge in [-0.1, -0.05) is 35.9 Å². The molecule has 0 fully saturated rings. The van der Waals surface area contributed by atoms with Gasteiger partial charge in [-0.3, -0.25) is 4.79 Å². The van der Waals surface area contributed by atoms with Crippen LogP contribution in [-0.4, -0.2) is 8.95 Å². The van der Waals surface area contributed by atoms with Gasteiger partial charge in [-0.25, -0.2) is 8.35 Å². The van der Waals surface area contributed by atoms with Crippen LogP contribution in [0.1, 0.15) is 5.56 Å². The highest BCUT2D eigenvalue weighted by atomic mass is 32.1. The minimum Gasteiger partial charge on any atom is -0.389 e. The number of aromatic nitrogens is 1. The van der Waals surface area contributed by atoms with Gasteiger partial charge in [-0.05, 0) is 30.3 Å². The van der Waals surface area contributed by atoms with Gasteiger partial charge >= 0.3 is 0 Å². The average Bonchev–Trinajstić information content (AvgIpc) is 2.76. The Bertz CT molecular complexity index is 882. The summed E-state index contributed by atoms with van der Waals surface area (Å²) in [5, 5.41) is 0.579. The molecule has 0 saturated heterocycles. The minimum absolute atomic E-state index is 0.124. The Morgan fingerprint density at radius 1 is 1.25 bits per heavy atom. The third-order valence-corrected chi connectivity index (χ3v) is 4.28. The lowest BCUT2D eigenvalue weighted by molar-refractivity contribution is 0.620. The van der Waals surface area contributed by atoms with Crippen LogP contribution in [-0.2, 0) is 0 Å². The first-order valence-electron chi connectivity index (χ1n) is 5.79. The van der Waals surface area contributed by atoms with E-state index in [9.17, 15) is 9.18 Å². The van der Waals surface area contributed by atoms with Crippen LogP contribution in [0.25, 0.3) is 15.8 Å². The molecule has 20 heavy (non-hydrogen) atoms. The summed E-state index contributed by atoms with van der Waals surface area (Å²) in [4.78, 5) is 12.4. The van der Waals surface area contributed by atoms with Crippen molar-refractivity contribution < 1.29 is 4.39 Å². The lowest BCUT2D eigenvalue weighted by Crippen LogP contribution is -2.14. The van der Waals surface area contributed by atoms with Gasteiger partial charge in [-0.2, -0.15) is 0 Å². The summed E-state index contributed by atoms with van der Waals surface area (Å²) >= 11 is 6.01. The fraction of sp³-hybridized carbons (Fsp3) is 0. The second-order valence-corrected chi connectivity index (χ2v) is 5.64. The van der Waals surface area contributed by atoms with Gasteiger partial charge in [-0.15, -0.1) is 0 Å². The Hall–Kier alpha value is -2.05. The molecule has 0 atom stereocenters. The van der Waals surface area contributed by atoms with Gasteiger partial charge in [0.1, 0.15) is 10.8 Å². The summed E-state index contributed by atoms with van der Waals surface area (Å²) in [6, 6.07) is 11.6. The highest BCUT2D eigenvalue weighted by molar-refractivity contribution is 7.80. The number of benzene rings is 2. The molecule has 0 amide bonds. The first kappa shape index (κ1) is 13.0. The van der Waals surface area contributed by atoms with Crippen molar-refractivity contribution in [2.75, 3.05) is 0 Å². The predicted molar refractivity (Wildman–Crippen MR) is 83.3 cm³/mol. The largest absolute Gasteiger partial charge is 0.389 e. The standard InChI is InChI=1S/C14H9FN2OS2/c15-10-7-8(13(16)19)5-6-11(10)17-14(18)9-3-1-2-4-12(9)20-17/h1-7H,(H2,16,19). The fourth-order valence-corrected chi connectivity index (χ4v) is 3.10. The molecule has 1 aromatic heterocycles. The van der Waals surface area contributed by atoms with Crippen LogP contribution < -0.4 is 11.3 Å². The van der Waals surface area contributed by atoms with Crippen LogP contribution >= 0.6 is 23.8 Å². The molecular weight excluding hydrogens is 295 g/mol. The van der Waals surface area contributed by atoms with E-state index in [2.05, 4.69) is 0 Å². The zero-order valence-corrected chi connectivity index (χ0v) is 11.8. The Labute approximate surface area is 123 Å². The van der Waals surface area contributed by atoms with Gasteiger partial charge in [0, 0.05) is 5.56 Å². The summed E-state index contributed by atoms with van der Waals surface area (Å²) in [6.45, 7) is 0. The third kappa shape index (κ3) is 2.03. The first-order valence-corrected chi connectivity index (χ1v) is 6.97. The maximum Gasteiger partial charge on any atom is 0.273 e. The second kappa shape index (κ2) is 4.81. The minimum atomic E-state index is -0.524. The smallest absolute Gasteiger partial charge is 0.273 e. The fourth-order valence-electron chi connectivity index (χ4n) is 1.96. The van der Waals surface area contributed by atoms with E-state index in [1.807, 2.05) is 12.1 Å². The van der Waals surface area contributed by atoms with Crippen LogP contribution in [0.15, 0.2) is 47.3 Å². The summed E-state index contributed by atoms with van der Waals surface area (Å²) in [5.41, 5.74) is 5.88. The van der Waals surface area contributed by atoms with Crippen molar-refractivity contribution in [2.24, 2.45) is 5.73 Å². The Morgan fingerprint density at radius 2 is 2.00 bits per heavy atom. The first-order chi connectivity index (χ1) is 9.58. The zero-order valence-electron chi connectivity index (χ0n) is 10.2. The molecule has 0 aliphatic carbocycles. The molecule has 2 aromatic carbocycles. The molecule has 3 rings (SSSR count). The van der Waals surface area contributed by atoms with Gasteiger partial charge < -0.3 is 5.73 Å². The van der Waals surface area contributed by atoms with Crippen molar-refractivity contribution in [1.82, 2.24) is 3.96 Å². The number of hydrogen-bond acceptors (Lipinski definition) is 3. The van der Waals surface area contributed by atoms with E-state index in [0.717, 1.165) is 4.70 Å². The van der Waals surface area contributed by atoms with E-state index in [-0.39, 0.29) is 16.2 Å². The highest BCUT2D eigenvalue weighted by Crippen LogP contribution is 2.22. The monoisotopic (exact) mass is 304 g/mol. The number of nitrogens with two attached hydrogens (primary N) is 1. The molecule has 0 saturated carbocycles. The van der Waals surface area contributed by atoms with Crippen LogP contribution in [0.4, 0.5) is 4.39 Å². The normalized spacial score (nSPS) is 10.8. The van der Waals surface area contributed by atoms with E-state index in [1.54, 1.807) is 18.2 Å². The van der Waals surface area contributed by atoms with Crippen molar-refractivity contribution in [3.8, 4) is 5.69 Å². The van der Waals surface area contributed by atoms with Crippen LogP contribution in [0.2, 0.25) is 0 Å². The Kier molecular flexibility index (Phi) is 3.11. The number of fused-ring (bicyclic) bond motifs is 1. The van der Waals surface area contributed by atoms with E-state index in [1.165, 1.54) is 27.6 Å². The van der Waals surface area contributed by atoms with E-state index in [4.69, 9.17) is 18.0 Å². The van der Waals surface area contributed by atoms with Gasteiger partial charge in [0.05, 0.1) is 15.8 Å². The Morgan fingerprint density at radius 3 is 2.65 bits per heavy atom. The number of halogens is 1. The zero-order chi connectivity index (χ0) is 14.3. The quantitative estimate of drug-likeness (QED) is 0.741. The summed E-state index contributed by atoms with van der Waals surface area (Å²) in [7, 11) is 0. The topological polar surface area (TPSA) is 48.0 Å². The summed E-state index contributed by atoms with van der Waals surface area (Å²) in [5.74, 6) is -0.524.